The Morgan fingerprint density at radius 2 is 1.68 bits per heavy atom. The number of aryl methyl sites for hydroxylation is 1. The Kier molecular flexibility index (Phi) is 7.23. The standard InChI is InChI=1S/C31H22ClN3OS/c1-20-11-12-22-9-5-6-10-25(22)30(20)35-29(36)19-37-31-27(18-33)26(21-7-3-2-4-8-21)17-28(34-31)23-13-15-24(32)16-14-23/h2-17H,19H2,1H3,(H,35,36). The number of carbonyl (C=O) groups excluding carboxylic acids is 1. The third kappa shape index (κ3) is 5.36. The van der Waals surface area contributed by atoms with Gasteiger partial charge in [-0.1, -0.05) is 102 Å². The lowest BCUT2D eigenvalue weighted by molar-refractivity contribution is -0.113. The number of rotatable bonds is 6. The van der Waals surface area contributed by atoms with Crippen LogP contribution in [0.15, 0.2) is 102 Å². The van der Waals surface area contributed by atoms with Crippen molar-refractivity contribution in [3.05, 3.63) is 113 Å². The zero-order valence-electron chi connectivity index (χ0n) is 20.0. The molecule has 37 heavy (non-hydrogen) atoms. The zero-order valence-corrected chi connectivity index (χ0v) is 21.6. The Morgan fingerprint density at radius 1 is 0.946 bits per heavy atom. The number of nitrogens with zero attached hydrogens (tertiary/aromatic N) is 2. The van der Waals surface area contributed by atoms with E-state index in [9.17, 15) is 10.1 Å². The molecule has 0 radical (unpaired) electrons. The fourth-order valence-electron chi connectivity index (χ4n) is 4.20. The van der Waals surface area contributed by atoms with E-state index < -0.39 is 0 Å². The van der Waals surface area contributed by atoms with Gasteiger partial charge in [0.1, 0.15) is 11.1 Å². The first kappa shape index (κ1) is 24.6. The lowest BCUT2D eigenvalue weighted by Crippen LogP contribution is -2.15. The molecule has 180 valence electrons. The minimum atomic E-state index is -0.159. The number of nitrogens with one attached hydrogen (secondary N) is 1. The van der Waals surface area contributed by atoms with Crippen LogP contribution in [0, 0.1) is 18.3 Å². The molecule has 0 atom stereocenters. The topological polar surface area (TPSA) is 65.8 Å². The van der Waals surface area contributed by atoms with Gasteiger partial charge in [-0.15, -0.1) is 0 Å². The molecule has 4 aromatic carbocycles. The number of pyridine rings is 1. The van der Waals surface area contributed by atoms with Crippen LogP contribution in [0.4, 0.5) is 5.69 Å². The lowest BCUT2D eigenvalue weighted by Gasteiger charge is -2.14. The summed E-state index contributed by atoms with van der Waals surface area (Å²) < 4.78 is 0. The molecule has 0 aliphatic heterocycles. The maximum Gasteiger partial charge on any atom is 0.234 e. The van der Waals surface area contributed by atoms with E-state index in [0.29, 0.717) is 21.3 Å². The van der Waals surface area contributed by atoms with Crippen molar-refractivity contribution in [1.82, 2.24) is 4.98 Å². The van der Waals surface area contributed by atoms with Crippen molar-refractivity contribution in [1.29, 1.82) is 5.26 Å². The fraction of sp³-hybridized carbons (Fsp3) is 0.0645. The van der Waals surface area contributed by atoms with Gasteiger partial charge in [-0.2, -0.15) is 5.26 Å². The van der Waals surface area contributed by atoms with E-state index in [1.54, 1.807) is 0 Å². The van der Waals surface area contributed by atoms with E-state index in [1.807, 2.05) is 104 Å². The van der Waals surface area contributed by atoms with Gasteiger partial charge in [0.05, 0.1) is 22.7 Å². The first-order chi connectivity index (χ1) is 18.0. The molecule has 0 aliphatic rings. The summed E-state index contributed by atoms with van der Waals surface area (Å²) in [5.74, 6) is -0.0452. The van der Waals surface area contributed by atoms with Gasteiger partial charge in [0.2, 0.25) is 5.91 Å². The van der Waals surface area contributed by atoms with E-state index in [4.69, 9.17) is 16.6 Å². The molecule has 0 fully saturated rings. The Morgan fingerprint density at radius 3 is 2.43 bits per heavy atom. The highest BCUT2D eigenvalue weighted by atomic mass is 35.5. The maximum absolute atomic E-state index is 13.1. The van der Waals surface area contributed by atoms with E-state index in [2.05, 4.69) is 11.4 Å². The van der Waals surface area contributed by atoms with Crippen LogP contribution >= 0.6 is 23.4 Å². The molecular weight excluding hydrogens is 498 g/mol. The van der Waals surface area contributed by atoms with Crippen molar-refractivity contribution in [2.75, 3.05) is 11.1 Å². The molecule has 0 aliphatic carbocycles. The third-order valence-corrected chi connectivity index (χ3v) is 7.29. The molecule has 0 saturated carbocycles. The molecule has 1 heterocycles. The van der Waals surface area contributed by atoms with Crippen LogP contribution in [-0.4, -0.2) is 16.6 Å². The summed E-state index contributed by atoms with van der Waals surface area (Å²) in [4.78, 5) is 17.9. The second kappa shape index (κ2) is 10.9. The van der Waals surface area contributed by atoms with Gasteiger partial charge >= 0.3 is 0 Å². The SMILES string of the molecule is Cc1ccc2ccccc2c1NC(=O)CSc1nc(-c2ccc(Cl)cc2)cc(-c2ccccc2)c1C#N. The van der Waals surface area contributed by atoms with Crippen molar-refractivity contribution in [3.8, 4) is 28.5 Å². The summed E-state index contributed by atoms with van der Waals surface area (Å²) in [6, 6.07) is 33.4. The van der Waals surface area contributed by atoms with Gasteiger partial charge in [0.15, 0.2) is 0 Å². The van der Waals surface area contributed by atoms with Crippen molar-refractivity contribution in [2.45, 2.75) is 11.9 Å². The molecule has 1 N–H and O–H groups in total. The molecular formula is C31H22ClN3OS. The summed E-state index contributed by atoms with van der Waals surface area (Å²) in [6.45, 7) is 1.98. The average Bonchev–Trinajstić information content (AvgIpc) is 2.94. The molecule has 1 aromatic heterocycles. The van der Waals surface area contributed by atoms with Crippen LogP contribution in [0.2, 0.25) is 5.02 Å². The summed E-state index contributed by atoms with van der Waals surface area (Å²) >= 11 is 7.35. The normalized spacial score (nSPS) is 10.7. The number of hydrogen-bond acceptors (Lipinski definition) is 4. The molecule has 0 spiro atoms. The Balaban J connectivity index is 1.48. The summed E-state index contributed by atoms with van der Waals surface area (Å²) in [5, 5.41) is 16.4. The molecule has 0 bridgehead atoms. The van der Waals surface area contributed by atoms with Gasteiger partial charge in [-0.05, 0) is 41.6 Å². The third-order valence-electron chi connectivity index (χ3n) is 6.06. The Bertz CT molecular complexity index is 1640. The Hall–Kier alpha value is -4.11. The van der Waals surface area contributed by atoms with Crippen LogP contribution in [-0.2, 0) is 4.79 Å². The van der Waals surface area contributed by atoms with Crippen LogP contribution in [0.5, 0.6) is 0 Å². The summed E-state index contributed by atoms with van der Waals surface area (Å²) in [6.07, 6.45) is 0. The number of thioether (sulfide) groups is 1. The van der Waals surface area contributed by atoms with Crippen molar-refractivity contribution in [2.24, 2.45) is 0 Å². The molecule has 5 aromatic rings. The van der Waals surface area contributed by atoms with Crippen molar-refractivity contribution >= 4 is 45.7 Å². The zero-order chi connectivity index (χ0) is 25.8. The Labute approximate surface area is 224 Å². The van der Waals surface area contributed by atoms with E-state index >= 15 is 0 Å². The van der Waals surface area contributed by atoms with Gasteiger partial charge in [0, 0.05) is 21.5 Å². The highest BCUT2D eigenvalue weighted by molar-refractivity contribution is 8.00. The number of amides is 1. The minimum Gasteiger partial charge on any atom is -0.325 e. The molecule has 4 nitrogen and oxygen atoms in total. The monoisotopic (exact) mass is 519 g/mol. The number of aromatic nitrogens is 1. The van der Waals surface area contributed by atoms with Gasteiger partial charge < -0.3 is 5.32 Å². The molecule has 0 saturated heterocycles. The number of fused-ring (bicyclic) bond motifs is 1. The number of nitriles is 1. The maximum atomic E-state index is 13.1. The van der Waals surface area contributed by atoms with Crippen LogP contribution in [0.1, 0.15) is 11.1 Å². The van der Waals surface area contributed by atoms with E-state index in [0.717, 1.165) is 38.7 Å². The predicted octanol–water partition coefficient (Wildman–Crippen LogP) is 8.13. The number of anilines is 1. The molecule has 1 amide bonds. The second-order valence-electron chi connectivity index (χ2n) is 8.54. The number of benzene rings is 4. The fourth-order valence-corrected chi connectivity index (χ4v) is 5.13. The van der Waals surface area contributed by atoms with Gasteiger partial charge in [-0.3, -0.25) is 4.79 Å². The number of hydrogen-bond donors (Lipinski definition) is 1. The van der Waals surface area contributed by atoms with Crippen molar-refractivity contribution < 1.29 is 4.79 Å². The predicted molar refractivity (Wildman–Crippen MR) is 153 cm³/mol. The number of carbonyl (C=O) groups is 1. The van der Waals surface area contributed by atoms with Gasteiger partial charge in [0.25, 0.3) is 0 Å². The van der Waals surface area contributed by atoms with Gasteiger partial charge in [-0.25, -0.2) is 4.98 Å². The minimum absolute atomic E-state index is 0.114. The quantitative estimate of drug-likeness (QED) is 0.230. The lowest BCUT2D eigenvalue weighted by atomic mass is 9.99. The largest absolute Gasteiger partial charge is 0.325 e. The highest BCUT2D eigenvalue weighted by Gasteiger charge is 2.18. The first-order valence-corrected chi connectivity index (χ1v) is 13.1. The van der Waals surface area contributed by atoms with E-state index in [1.165, 1.54) is 11.8 Å². The molecule has 0 unspecified atom stereocenters. The van der Waals surface area contributed by atoms with Crippen LogP contribution in [0.25, 0.3) is 33.2 Å². The molecule has 5 rings (SSSR count). The van der Waals surface area contributed by atoms with Crippen LogP contribution in [0.3, 0.4) is 0 Å². The average molecular weight is 520 g/mol. The first-order valence-electron chi connectivity index (χ1n) is 11.7. The molecule has 6 heteroatoms. The summed E-state index contributed by atoms with van der Waals surface area (Å²) in [7, 11) is 0. The smallest absolute Gasteiger partial charge is 0.234 e. The van der Waals surface area contributed by atoms with Crippen molar-refractivity contribution in [3.63, 3.8) is 0 Å². The summed E-state index contributed by atoms with van der Waals surface area (Å²) in [5.41, 5.74) is 5.51. The van der Waals surface area contributed by atoms with E-state index in [-0.39, 0.29) is 11.7 Å². The highest BCUT2D eigenvalue weighted by Crippen LogP contribution is 2.35. The number of halogens is 1. The van der Waals surface area contributed by atoms with Crippen LogP contribution < -0.4 is 5.32 Å². The second-order valence-corrected chi connectivity index (χ2v) is 9.94.